The number of benzene rings is 2. The lowest BCUT2D eigenvalue weighted by Gasteiger charge is -2.35. The number of carbonyl (C=O) groups is 2. The lowest BCUT2D eigenvalue weighted by Crippen LogP contribution is -2.51. The molecule has 1 aliphatic heterocycles. The first-order valence-corrected chi connectivity index (χ1v) is 10.5. The largest absolute Gasteiger partial charge is 0.444 e. The van der Waals surface area contributed by atoms with Crippen LogP contribution in [0.5, 0.6) is 0 Å². The Hall–Kier alpha value is -3.35. The number of nitrogens with zero attached hydrogens (tertiary/aromatic N) is 4. The molecule has 162 valence electrons. The van der Waals surface area contributed by atoms with E-state index in [0.717, 1.165) is 22.3 Å². The molecule has 0 atom stereocenters. The molecule has 0 spiro atoms. The summed E-state index contributed by atoms with van der Waals surface area (Å²) < 4.78 is 7.32. The number of para-hydroxylation sites is 1. The number of piperazine rings is 1. The molecule has 7 heteroatoms. The molecule has 0 N–H and O–H groups in total. The van der Waals surface area contributed by atoms with Gasteiger partial charge in [0.15, 0.2) is 0 Å². The van der Waals surface area contributed by atoms with Crippen molar-refractivity contribution in [2.45, 2.75) is 33.3 Å². The third-order valence-corrected chi connectivity index (χ3v) is 5.35. The van der Waals surface area contributed by atoms with Gasteiger partial charge in [-0.1, -0.05) is 18.2 Å². The van der Waals surface area contributed by atoms with Gasteiger partial charge in [0.05, 0.1) is 16.9 Å². The van der Waals surface area contributed by atoms with Crippen LogP contribution in [0.4, 0.5) is 4.79 Å². The van der Waals surface area contributed by atoms with E-state index in [-0.39, 0.29) is 12.0 Å². The molecular weight excluding hydrogens is 392 g/mol. The van der Waals surface area contributed by atoms with Gasteiger partial charge < -0.3 is 14.5 Å². The van der Waals surface area contributed by atoms with E-state index >= 15 is 0 Å². The van der Waals surface area contributed by atoms with Crippen LogP contribution < -0.4 is 0 Å². The minimum atomic E-state index is -0.524. The van der Waals surface area contributed by atoms with Crippen molar-refractivity contribution in [1.29, 1.82) is 0 Å². The summed E-state index contributed by atoms with van der Waals surface area (Å²) in [6, 6.07) is 15.6. The van der Waals surface area contributed by atoms with Crippen LogP contribution in [-0.4, -0.2) is 63.4 Å². The maximum absolute atomic E-state index is 12.9. The maximum atomic E-state index is 12.9. The van der Waals surface area contributed by atoms with Gasteiger partial charge in [0.25, 0.3) is 5.91 Å². The van der Waals surface area contributed by atoms with E-state index in [1.165, 1.54) is 0 Å². The fraction of sp³-hybridized carbons (Fsp3) is 0.375. The summed E-state index contributed by atoms with van der Waals surface area (Å²) in [6.45, 7) is 9.46. The zero-order chi connectivity index (χ0) is 22.2. The van der Waals surface area contributed by atoms with Gasteiger partial charge in [0.2, 0.25) is 0 Å². The van der Waals surface area contributed by atoms with E-state index in [9.17, 15) is 9.59 Å². The maximum Gasteiger partial charge on any atom is 0.410 e. The standard InChI is InChI=1S/C24H28N4O3/c1-17-20-7-5-6-8-21(20)28(25-17)19-11-9-18(10-12-19)22(29)26-13-15-27(16-14-26)23(30)31-24(2,3)4/h5-12H,13-16H2,1-4H3. The highest BCUT2D eigenvalue weighted by Gasteiger charge is 2.28. The number of rotatable bonds is 2. The highest BCUT2D eigenvalue weighted by atomic mass is 16.6. The Morgan fingerprint density at radius 2 is 1.52 bits per heavy atom. The van der Waals surface area contributed by atoms with Crippen LogP contribution >= 0.6 is 0 Å². The van der Waals surface area contributed by atoms with Gasteiger partial charge in [-0.2, -0.15) is 5.10 Å². The molecule has 2 heterocycles. The first-order chi connectivity index (χ1) is 14.7. The van der Waals surface area contributed by atoms with Gasteiger partial charge in [0.1, 0.15) is 5.60 Å². The number of aromatic nitrogens is 2. The average molecular weight is 421 g/mol. The van der Waals surface area contributed by atoms with Gasteiger partial charge in [-0.15, -0.1) is 0 Å². The third-order valence-electron chi connectivity index (χ3n) is 5.35. The van der Waals surface area contributed by atoms with Crippen molar-refractivity contribution >= 4 is 22.9 Å². The molecule has 0 radical (unpaired) electrons. The smallest absolute Gasteiger partial charge is 0.410 e. The quantitative estimate of drug-likeness (QED) is 0.628. The highest BCUT2D eigenvalue weighted by Crippen LogP contribution is 2.22. The molecule has 2 amide bonds. The fourth-order valence-corrected chi connectivity index (χ4v) is 3.77. The Morgan fingerprint density at radius 3 is 2.16 bits per heavy atom. The molecule has 2 aromatic carbocycles. The van der Waals surface area contributed by atoms with E-state index in [1.807, 2.05) is 74.8 Å². The lowest BCUT2D eigenvalue weighted by atomic mass is 10.1. The second-order valence-electron chi connectivity index (χ2n) is 8.82. The first kappa shape index (κ1) is 20.9. The van der Waals surface area contributed by atoms with E-state index < -0.39 is 5.60 Å². The zero-order valence-electron chi connectivity index (χ0n) is 18.5. The van der Waals surface area contributed by atoms with Crippen molar-refractivity contribution < 1.29 is 14.3 Å². The van der Waals surface area contributed by atoms with E-state index in [0.29, 0.717) is 31.7 Å². The van der Waals surface area contributed by atoms with Crippen molar-refractivity contribution in [1.82, 2.24) is 19.6 Å². The normalized spacial score (nSPS) is 14.7. The molecule has 31 heavy (non-hydrogen) atoms. The van der Waals surface area contributed by atoms with Gasteiger partial charge in [-0.3, -0.25) is 4.79 Å². The Kier molecular flexibility index (Phi) is 5.43. The minimum Gasteiger partial charge on any atom is -0.444 e. The number of ether oxygens (including phenoxy) is 1. The molecule has 1 fully saturated rings. The zero-order valence-corrected chi connectivity index (χ0v) is 18.5. The van der Waals surface area contributed by atoms with Crippen molar-refractivity contribution in [3.8, 4) is 5.69 Å². The molecule has 4 rings (SSSR count). The Morgan fingerprint density at radius 1 is 0.903 bits per heavy atom. The number of hydrogen-bond acceptors (Lipinski definition) is 4. The second kappa shape index (κ2) is 8.06. The Balaban J connectivity index is 1.43. The predicted octanol–water partition coefficient (Wildman–Crippen LogP) is 4.03. The average Bonchev–Trinajstić information content (AvgIpc) is 3.09. The van der Waals surface area contributed by atoms with E-state index in [4.69, 9.17) is 4.74 Å². The summed E-state index contributed by atoms with van der Waals surface area (Å²) in [5.74, 6) is -0.0307. The molecule has 7 nitrogen and oxygen atoms in total. The summed E-state index contributed by atoms with van der Waals surface area (Å²) in [6.07, 6.45) is -0.328. The SMILES string of the molecule is Cc1nn(-c2ccc(C(=O)N3CCN(C(=O)OC(C)(C)C)CC3)cc2)c2ccccc12. The van der Waals surface area contributed by atoms with E-state index in [2.05, 4.69) is 11.2 Å². The van der Waals surface area contributed by atoms with Gasteiger partial charge in [-0.05, 0) is 58.0 Å². The molecule has 0 aliphatic carbocycles. The minimum absolute atomic E-state index is 0.0307. The van der Waals surface area contributed by atoms with Crippen molar-refractivity contribution in [2.24, 2.45) is 0 Å². The van der Waals surface area contributed by atoms with Crippen LogP contribution in [0.2, 0.25) is 0 Å². The summed E-state index contributed by atoms with van der Waals surface area (Å²) in [5.41, 5.74) is 3.03. The Bertz CT molecular complexity index is 1100. The van der Waals surface area contributed by atoms with Crippen LogP contribution in [-0.2, 0) is 4.74 Å². The lowest BCUT2D eigenvalue weighted by molar-refractivity contribution is 0.0141. The summed E-state index contributed by atoms with van der Waals surface area (Å²) in [5, 5.41) is 5.76. The van der Waals surface area contributed by atoms with Crippen LogP contribution in [0.15, 0.2) is 48.5 Å². The predicted molar refractivity (Wildman–Crippen MR) is 120 cm³/mol. The van der Waals surface area contributed by atoms with Crippen molar-refractivity contribution in [3.63, 3.8) is 0 Å². The molecule has 0 saturated carbocycles. The van der Waals surface area contributed by atoms with Gasteiger partial charge in [0, 0.05) is 37.1 Å². The number of amides is 2. The van der Waals surface area contributed by atoms with Crippen molar-refractivity contribution in [3.05, 3.63) is 59.8 Å². The molecule has 1 aliphatic rings. The van der Waals surface area contributed by atoms with Gasteiger partial charge in [-0.25, -0.2) is 9.48 Å². The molecule has 0 unspecified atom stereocenters. The molecule has 3 aromatic rings. The third kappa shape index (κ3) is 4.40. The molecule has 1 aromatic heterocycles. The summed E-state index contributed by atoms with van der Waals surface area (Å²) in [7, 11) is 0. The van der Waals surface area contributed by atoms with Crippen LogP contribution in [0, 0.1) is 6.92 Å². The number of fused-ring (bicyclic) bond motifs is 1. The molecular formula is C24H28N4O3. The molecule has 1 saturated heterocycles. The van der Waals surface area contributed by atoms with Crippen LogP contribution in [0.25, 0.3) is 16.6 Å². The number of hydrogen-bond donors (Lipinski definition) is 0. The number of aryl methyl sites for hydroxylation is 1. The number of carbonyl (C=O) groups excluding carboxylic acids is 2. The summed E-state index contributed by atoms with van der Waals surface area (Å²) in [4.78, 5) is 28.6. The van der Waals surface area contributed by atoms with Crippen molar-refractivity contribution in [2.75, 3.05) is 26.2 Å². The van der Waals surface area contributed by atoms with Crippen LogP contribution in [0.3, 0.4) is 0 Å². The van der Waals surface area contributed by atoms with Gasteiger partial charge >= 0.3 is 6.09 Å². The van der Waals surface area contributed by atoms with Crippen LogP contribution in [0.1, 0.15) is 36.8 Å². The summed E-state index contributed by atoms with van der Waals surface area (Å²) >= 11 is 0. The molecule has 0 bridgehead atoms. The topological polar surface area (TPSA) is 67.7 Å². The first-order valence-electron chi connectivity index (χ1n) is 10.5. The second-order valence-corrected chi connectivity index (χ2v) is 8.82. The Labute approximate surface area is 182 Å². The van der Waals surface area contributed by atoms with E-state index in [1.54, 1.807) is 9.80 Å². The monoisotopic (exact) mass is 420 g/mol. The fourth-order valence-electron chi connectivity index (χ4n) is 3.77. The highest BCUT2D eigenvalue weighted by molar-refractivity contribution is 5.94.